The number of esters is 1. The number of pyridine rings is 2. The lowest BCUT2D eigenvalue weighted by Gasteiger charge is -2.15. The molecule has 4 rings (SSSR count). The fraction of sp³-hybridized carbons (Fsp3) is 0.345. The van der Waals surface area contributed by atoms with Crippen LogP contribution in [-0.4, -0.2) is 43.4 Å². The first-order valence-corrected chi connectivity index (χ1v) is 12.3. The Bertz CT molecular complexity index is 1370. The van der Waals surface area contributed by atoms with Crippen molar-refractivity contribution in [2.75, 3.05) is 27.4 Å². The minimum atomic E-state index is -0.274. The van der Waals surface area contributed by atoms with Gasteiger partial charge in [-0.3, -0.25) is 9.78 Å². The zero-order chi connectivity index (χ0) is 25.5. The highest BCUT2D eigenvalue weighted by atomic mass is 16.5. The van der Waals surface area contributed by atoms with Gasteiger partial charge in [0.2, 0.25) is 0 Å². The van der Waals surface area contributed by atoms with E-state index in [1.807, 2.05) is 48.7 Å². The van der Waals surface area contributed by atoms with Gasteiger partial charge in [0.25, 0.3) is 0 Å². The first-order valence-electron chi connectivity index (χ1n) is 12.3. The summed E-state index contributed by atoms with van der Waals surface area (Å²) in [6.45, 7) is 4.53. The standard InChI is InChI=1S/C29H32N2O5/c1-5-8-24-23-17-27(34-4)26(33-3)16-22(23)20(18-30-24)15-21-12-11-19-9-7-10-25(29(19)31-21)36-14-13-28(32)35-6-2/h7,9-12,16-18H,5-6,8,13-15H2,1-4H3. The number of benzene rings is 2. The molecule has 36 heavy (non-hydrogen) atoms. The number of ether oxygens (including phenoxy) is 4. The van der Waals surface area contributed by atoms with E-state index in [9.17, 15) is 4.79 Å². The Kier molecular flexibility index (Phi) is 8.21. The summed E-state index contributed by atoms with van der Waals surface area (Å²) in [7, 11) is 3.29. The third kappa shape index (κ3) is 5.51. The topological polar surface area (TPSA) is 79.8 Å². The van der Waals surface area contributed by atoms with Crippen LogP contribution >= 0.6 is 0 Å². The Morgan fingerprint density at radius 1 is 0.944 bits per heavy atom. The van der Waals surface area contributed by atoms with Crippen LogP contribution in [0.3, 0.4) is 0 Å². The third-order valence-corrected chi connectivity index (χ3v) is 6.03. The van der Waals surface area contributed by atoms with E-state index < -0.39 is 0 Å². The van der Waals surface area contributed by atoms with Crippen LogP contribution in [0.4, 0.5) is 0 Å². The van der Waals surface area contributed by atoms with E-state index in [0.29, 0.717) is 30.3 Å². The molecule has 0 aliphatic rings. The monoisotopic (exact) mass is 488 g/mol. The molecule has 0 aliphatic heterocycles. The summed E-state index contributed by atoms with van der Waals surface area (Å²) in [6, 6.07) is 13.9. The molecule has 7 heteroatoms. The first-order chi connectivity index (χ1) is 17.6. The quantitative estimate of drug-likeness (QED) is 0.251. The van der Waals surface area contributed by atoms with E-state index in [-0.39, 0.29) is 19.0 Å². The van der Waals surface area contributed by atoms with Crippen molar-refractivity contribution < 1.29 is 23.7 Å². The molecule has 0 amide bonds. The largest absolute Gasteiger partial charge is 0.493 e. The third-order valence-electron chi connectivity index (χ3n) is 6.03. The molecule has 0 saturated heterocycles. The number of fused-ring (bicyclic) bond motifs is 2. The van der Waals surface area contributed by atoms with Crippen LogP contribution in [0.15, 0.2) is 48.7 Å². The van der Waals surface area contributed by atoms with Crippen molar-refractivity contribution in [3.63, 3.8) is 0 Å². The molecular weight excluding hydrogens is 456 g/mol. The number of carbonyl (C=O) groups excluding carboxylic acids is 1. The van der Waals surface area contributed by atoms with Crippen molar-refractivity contribution in [1.82, 2.24) is 9.97 Å². The highest BCUT2D eigenvalue weighted by Crippen LogP contribution is 2.36. The molecule has 2 heterocycles. The van der Waals surface area contributed by atoms with Crippen LogP contribution in [0, 0.1) is 0 Å². The van der Waals surface area contributed by atoms with Gasteiger partial charge in [-0.2, -0.15) is 0 Å². The Morgan fingerprint density at radius 2 is 1.72 bits per heavy atom. The number of para-hydroxylation sites is 1. The van der Waals surface area contributed by atoms with Gasteiger partial charge in [0.05, 0.1) is 33.9 Å². The van der Waals surface area contributed by atoms with Crippen molar-refractivity contribution in [2.24, 2.45) is 0 Å². The second-order valence-electron chi connectivity index (χ2n) is 8.44. The number of hydrogen-bond donors (Lipinski definition) is 0. The highest BCUT2D eigenvalue weighted by Gasteiger charge is 2.15. The summed E-state index contributed by atoms with van der Waals surface area (Å²) < 4.78 is 22.0. The Balaban J connectivity index is 1.68. The van der Waals surface area contributed by atoms with Crippen molar-refractivity contribution in [2.45, 2.75) is 39.5 Å². The molecule has 0 N–H and O–H groups in total. The first kappa shape index (κ1) is 25.2. The Hall–Kier alpha value is -3.87. The van der Waals surface area contributed by atoms with E-state index in [1.165, 1.54) is 0 Å². The molecule has 0 radical (unpaired) electrons. The molecule has 0 unspecified atom stereocenters. The van der Waals surface area contributed by atoms with E-state index >= 15 is 0 Å². The maximum atomic E-state index is 11.7. The second kappa shape index (κ2) is 11.7. The molecule has 0 atom stereocenters. The van der Waals surface area contributed by atoms with E-state index in [0.717, 1.165) is 51.5 Å². The van der Waals surface area contributed by atoms with Gasteiger partial charge in [-0.05, 0) is 48.6 Å². The predicted molar refractivity (Wildman–Crippen MR) is 140 cm³/mol. The number of carbonyl (C=O) groups is 1. The number of methoxy groups -OCH3 is 2. The van der Waals surface area contributed by atoms with Crippen molar-refractivity contribution in [3.8, 4) is 17.2 Å². The molecule has 4 aromatic rings. The van der Waals surface area contributed by atoms with Crippen LogP contribution in [-0.2, 0) is 22.4 Å². The van der Waals surface area contributed by atoms with Gasteiger partial charge in [0.15, 0.2) is 11.5 Å². The van der Waals surface area contributed by atoms with Crippen LogP contribution in [0.5, 0.6) is 17.2 Å². The number of aryl methyl sites for hydroxylation is 1. The maximum Gasteiger partial charge on any atom is 0.309 e. The predicted octanol–water partition coefficient (Wildman–Crippen LogP) is 5.68. The minimum absolute atomic E-state index is 0.191. The van der Waals surface area contributed by atoms with Crippen LogP contribution in [0.1, 0.15) is 43.6 Å². The lowest BCUT2D eigenvalue weighted by molar-refractivity contribution is -0.143. The Labute approximate surface area is 211 Å². The Morgan fingerprint density at radius 3 is 2.44 bits per heavy atom. The average molecular weight is 489 g/mol. The second-order valence-corrected chi connectivity index (χ2v) is 8.44. The fourth-order valence-electron chi connectivity index (χ4n) is 4.30. The molecule has 188 valence electrons. The lowest BCUT2D eigenvalue weighted by Crippen LogP contribution is -2.09. The molecule has 7 nitrogen and oxygen atoms in total. The van der Waals surface area contributed by atoms with Gasteiger partial charge >= 0.3 is 5.97 Å². The fourth-order valence-corrected chi connectivity index (χ4v) is 4.30. The summed E-state index contributed by atoms with van der Waals surface area (Å²) in [6.07, 6.45) is 4.61. The molecular formula is C29H32N2O5. The number of nitrogens with zero attached hydrogens (tertiary/aromatic N) is 2. The summed E-state index contributed by atoms with van der Waals surface area (Å²) in [5, 5.41) is 3.11. The number of rotatable bonds is 11. The minimum Gasteiger partial charge on any atom is -0.493 e. The zero-order valence-corrected chi connectivity index (χ0v) is 21.3. The van der Waals surface area contributed by atoms with Crippen LogP contribution in [0.25, 0.3) is 21.7 Å². The SMILES string of the molecule is CCCc1ncc(Cc2ccc3cccc(OCCC(=O)OCC)c3n2)c2cc(OC)c(OC)cc12. The lowest BCUT2D eigenvalue weighted by atomic mass is 9.99. The summed E-state index contributed by atoms with van der Waals surface area (Å²) in [4.78, 5) is 21.4. The van der Waals surface area contributed by atoms with Crippen molar-refractivity contribution in [1.29, 1.82) is 0 Å². The number of hydrogen-bond acceptors (Lipinski definition) is 7. The molecule has 0 fully saturated rings. The molecule has 0 saturated carbocycles. The normalized spacial score (nSPS) is 11.0. The van der Waals surface area contributed by atoms with Crippen LogP contribution in [0.2, 0.25) is 0 Å². The smallest absolute Gasteiger partial charge is 0.309 e. The van der Waals surface area contributed by atoms with E-state index in [2.05, 4.69) is 6.92 Å². The molecule has 0 spiro atoms. The summed E-state index contributed by atoms with van der Waals surface area (Å²) >= 11 is 0. The van der Waals surface area contributed by atoms with Gasteiger partial charge in [-0.15, -0.1) is 0 Å². The van der Waals surface area contributed by atoms with Gasteiger partial charge < -0.3 is 18.9 Å². The summed E-state index contributed by atoms with van der Waals surface area (Å²) in [5.41, 5.74) is 3.75. The van der Waals surface area contributed by atoms with E-state index in [1.54, 1.807) is 21.1 Å². The van der Waals surface area contributed by atoms with Gasteiger partial charge in [-0.25, -0.2) is 4.98 Å². The molecule has 2 aromatic carbocycles. The van der Waals surface area contributed by atoms with Gasteiger partial charge in [0.1, 0.15) is 11.3 Å². The van der Waals surface area contributed by atoms with E-state index in [4.69, 9.17) is 28.9 Å². The van der Waals surface area contributed by atoms with Gasteiger partial charge in [0, 0.05) is 34.8 Å². The molecule has 0 bridgehead atoms. The molecule has 2 aromatic heterocycles. The van der Waals surface area contributed by atoms with Crippen molar-refractivity contribution >= 4 is 27.6 Å². The highest BCUT2D eigenvalue weighted by molar-refractivity contribution is 5.91. The zero-order valence-electron chi connectivity index (χ0n) is 21.3. The van der Waals surface area contributed by atoms with Crippen LogP contribution < -0.4 is 14.2 Å². The maximum absolute atomic E-state index is 11.7. The average Bonchev–Trinajstić information content (AvgIpc) is 2.89. The number of aromatic nitrogens is 2. The summed E-state index contributed by atoms with van der Waals surface area (Å²) in [5.74, 6) is 1.74. The molecule has 0 aliphatic carbocycles. The van der Waals surface area contributed by atoms with Gasteiger partial charge in [-0.1, -0.05) is 31.5 Å². The van der Waals surface area contributed by atoms with Crippen molar-refractivity contribution in [3.05, 3.63) is 65.6 Å².